The van der Waals surface area contributed by atoms with E-state index in [4.69, 9.17) is 4.74 Å². The van der Waals surface area contributed by atoms with Crippen LogP contribution >= 0.6 is 0 Å². The highest BCUT2D eigenvalue weighted by atomic mass is 16.5. The number of nitrogens with zero attached hydrogens (tertiary/aromatic N) is 3. The standard InChI is InChI=1S/C21H18N4O2/c1-3-23-25(16-7-5-4-6-8-16)20-13-18(19(14-22)21(26)24-20)15-9-11-17(27-2)12-10-15/h3-13H,1-2H3,(H,24,26)/b23-3+. The summed E-state index contributed by atoms with van der Waals surface area (Å²) in [5.41, 5.74) is 1.65. The van der Waals surface area contributed by atoms with Crippen LogP contribution in [0.2, 0.25) is 0 Å². The maximum atomic E-state index is 12.5. The third-order valence-corrected chi connectivity index (χ3v) is 3.99. The Morgan fingerprint density at radius 3 is 2.44 bits per heavy atom. The van der Waals surface area contributed by atoms with Gasteiger partial charge >= 0.3 is 0 Å². The zero-order chi connectivity index (χ0) is 19.2. The van der Waals surface area contributed by atoms with Crippen molar-refractivity contribution in [1.29, 1.82) is 5.26 Å². The number of anilines is 2. The van der Waals surface area contributed by atoms with Crippen molar-refractivity contribution in [3.8, 4) is 22.9 Å². The molecule has 0 radical (unpaired) electrons. The van der Waals surface area contributed by atoms with E-state index in [9.17, 15) is 10.1 Å². The Morgan fingerprint density at radius 2 is 1.85 bits per heavy atom. The minimum atomic E-state index is -0.465. The van der Waals surface area contributed by atoms with Gasteiger partial charge in [-0.15, -0.1) is 0 Å². The number of hydrazone groups is 1. The van der Waals surface area contributed by atoms with Crippen LogP contribution in [-0.2, 0) is 0 Å². The summed E-state index contributed by atoms with van der Waals surface area (Å²) in [6.45, 7) is 1.79. The van der Waals surface area contributed by atoms with Gasteiger partial charge in [0.25, 0.3) is 5.56 Å². The molecule has 6 heteroatoms. The Labute approximate surface area is 157 Å². The molecule has 0 aliphatic heterocycles. The molecule has 6 nitrogen and oxygen atoms in total. The summed E-state index contributed by atoms with van der Waals surface area (Å²) >= 11 is 0. The molecule has 27 heavy (non-hydrogen) atoms. The quantitative estimate of drug-likeness (QED) is 0.551. The predicted octanol–water partition coefficient (Wildman–Crippen LogP) is 4.07. The summed E-state index contributed by atoms with van der Waals surface area (Å²) in [5.74, 6) is 1.16. The molecule has 2 aromatic carbocycles. The van der Waals surface area contributed by atoms with Crippen LogP contribution in [0.15, 0.2) is 70.6 Å². The van der Waals surface area contributed by atoms with Gasteiger partial charge in [0.2, 0.25) is 0 Å². The van der Waals surface area contributed by atoms with Gasteiger partial charge < -0.3 is 9.72 Å². The van der Waals surface area contributed by atoms with Crippen molar-refractivity contribution in [2.45, 2.75) is 6.92 Å². The number of methoxy groups -OCH3 is 1. The lowest BCUT2D eigenvalue weighted by Gasteiger charge is -2.19. The number of pyridine rings is 1. The number of hydrogen-bond acceptors (Lipinski definition) is 5. The highest BCUT2D eigenvalue weighted by molar-refractivity contribution is 5.75. The van der Waals surface area contributed by atoms with E-state index < -0.39 is 5.56 Å². The van der Waals surface area contributed by atoms with E-state index >= 15 is 0 Å². The topological polar surface area (TPSA) is 81.5 Å². The van der Waals surface area contributed by atoms with E-state index in [1.807, 2.05) is 48.5 Å². The van der Waals surface area contributed by atoms with E-state index in [1.54, 1.807) is 43.5 Å². The molecule has 134 valence electrons. The normalized spacial score (nSPS) is 10.6. The SMILES string of the molecule is C/C=N/N(c1ccccc1)c1cc(-c2ccc(OC)cc2)c(C#N)c(=O)[nH]1. The predicted molar refractivity (Wildman–Crippen MR) is 107 cm³/mol. The molecular formula is C21H18N4O2. The van der Waals surface area contributed by atoms with Gasteiger partial charge in [0.15, 0.2) is 0 Å². The number of H-pyrrole nitrogens is 1. The van der Waals surface area contributed by atoms with Crippen molar-refractivity contribution in [2.75, 3.05) is 12.1 Å². The number of benzene rings is 2. The molecule has 0 atom stereocenters. The van der Waals surface area contributed by atoms with Crippen molar-refractivity contribution >= 4 is 17.7 Å². The number of aromatic amines is 1. The molecule has 0 amide bonds. The Bertz CT molecular complexity index is 1050. The van der Waals surface area contributed by atoms with E-state index in [0.717, 1.165) is 11.3 Å². The number of ether oxygens (including phenoxy) is 1. The van der Waals surface area contributed by atoms with Gasteiger partial charge in [-0.1, -0.05) is 30.3 Å². The number of nitriles is 1. The molecule has 0 saturated heterocycles. The van der Waals surface area contributed by atoms with E-state index in [2.05, 4.69) is 10.1 Å². The van der Waals surface area contributed by atoms with Crippen LogP contribution < -0.4 is 15.3 Å². The number of aromatic nitrogens is 1. The second-order valence-corrected chi connectivity index (χ2v) is 5.63. The van der Waals surface area contributed by atoms with Crippen molar-refractivity contribution < 1.29 is 4.74 Å². The molecule has 0 saturated carbocycles. The van der Waals surface area contributed by atoms with Gasteiger partial charge in [0, 0.05) is 11.8 Å². The van der Waals surface area contributed by atoms with Gasteiger partial charge in [-0.2, -0.15) is 10.4 Å². The molecular weight excluding hydrogens is 340 g/mol. The average Bonchev–Trinajstić information content (AvgIpc) is 2.72. The molecule has 0 aliphatic rings. The van der Waals surface area contributed by atoms with Crippen LogP contribution in [-0.4, -0.2) is 18.3 Å². The van der Waals surface area contributed by atoms with Gasteiger partial charge in [-0.3, -0.25) is 4.79 Å². The molecule has 0 bridgehead atoms. The monoisotopic (exact) mass is 358 g/mol. The number of para-hydroxylation sites is 1. The van der Waals surface area contributed by atoms with Gasteiger partial charge in [0.05, 0.1) is 12.8 Å². The first-order valence-corrected chi connectivity index (χ1v) is 8.33. The summed E-state index contributed by atoms with van der Waals surface area (Å²) in [4.78, 5) is 15.3. The van der Waals surface area contributed by atoms with Crippen LogP contribution in [0.1, 0.15) is 12.5 Å². The first kappa shape index (κ1) is 18.0. The van der Waals surface area contributed by atoms with Crippen molar-refractivity contribution in [3.63, 3.8) is 0 Å². The van der Waals surface area contributed by atoms with Crippen LogP contribution in [0.25, 0.3) is 11.1 Å². The zero-order valence-corrected chi connectivity index (χ0v) is 15.0. The maximum absolute atomic E-state index is 12.5. The Morgan fingerprint density at radius 1 is 1.15 bits per heavy atom. The van der Waals surface area contributed by atoms with E-state index in [0.29, 0.717) is 17.1 Å². The first-order chi connectivity index (χ1) is 13.2. The molecule has 0 spiro atoms. The first-order valence-electron chi connectivity index (χ1n) is 8.33. The Hall–Kier alpha value is -3.85. The zero-order valence-electron chi connectivity index (χ0n) is 15.0. The van der Waals surface area contributed by atoms with Crippen LogP contribution in [0, 0.1) is 11.3 Å². The molecule has 0 unspecified atom stereocenters. The van der Waals surface area contributed by atoms with Gasteiger partial charge in [0.1, 0.15) is 23.2 Å². The number of rotatable bonds is 5. The lowest BCUT2D eigenvalue weighted by atomic mass is 10.0. The summed E-state index contributed by atoms with van der Waals surface area (Å²) in [7, 11) is 1.58. The molecule has 3 aromatic rings. The lowest BCUT2D eigenvalue weighted by molar-refractivity contribution is 0.415. The minimum Gasteiger partial charge on any atom is -0.497 e. The van der Waals surface area contributed by atoms with Crippen molar-refractivity contribution in [2.24, 2.45) is 5.10 Å². The fourth-order valence-corrected chi connectivity index (χ4v) is 2.72. The number of hydrogen-bond donors (Lipinski definition) is 1. The molecule has 3 rings (SSSR count). The molecule has 1 heterocycles. The second kappa shape index (κ2) is 8.02. The largest absolute Gasteiger partial charge is 0.497 e. The van der Waals surface area contributed by atoms with Crippen LogP contribution in [0.5, 0.6) is 5.75 Å². The third kappa shape index (κ3) is 3.72. The fourth-order valence-electron chi connectivity index (χ4n) is 2.72. The van der Waals surface area contributed by atoms with Crippen LogP contribution in [0.4, 0.5) is 11.5 Å². The summed E-state index contributed by atoms with van der Waals surface area (Å²) in [6.07, 6.45) is 1.64. The molecule has 1 N–H and O–H groups in total. The fraction of sp³-hybridized carbons (Fsp3) is 0.0952. The third-order valence-electron chi connectivity index (χ3n) is 3.99. The summed E-state index contributed by atoms with van der Waals surface area (Å²) in [5, 5.41) is 15.5. The lowest BCUT2D eigenvalue weighted by Crippen LogP contribution is -2.19. The Balaban J connectivity index is 2.18. The van der Waals surface area contributed by atoms with Crippen molar-refractivity contribution in [3.05, 3.63) is 76.6 Å². The summed E-state index contributed by atoms with van der Waals surface area (Å²) < 4.78 is 5.18. The van der Waals surface area contributed by atoms with Crippen LogP contribution in [0.3, 0.4) is 0 Å². The van der Waals surface area contributed by atoms with Gasteiger partial charge in [-0.05, 0) is 42.8 Å². The van der Waals surface area contributed by atoms with E-state index in [1.165, 1.54) is 0 Å². The molecule has 1 aromatic heterocycles. The minimum absolute atomic E-state index is 0.0532. The second-order valence-electron chi connectivity index (χ2n) is 5.63. The van der Waals surface area contributed by atoms with Crippen molar-refractivity contribution in [1.82, 2.24) is 4.98 Å². The molecule has 0 aliphatic carbocycles. The summed E-state index contributed by atoms with van der Waals surface area (Å²) in [6, 6.07) is 20.4. The highest BCUT2D eigenvalue weighted by Crippen LogP contribution is 2.29. The number of nitrogens with one attached hydrogen (secondary N) is 1. The smallest absolute Gasteiger partial charge is 0.268 e. The Kier molecular flexibility index (Phi) is 5.33. The molecule has 0 fully saturated rings. The highest BCUT2D eigenvalue weighted by Gasteiger charge is 2.16. The average molecular weight is 358 g/mol. The van der Waals surface area contributed by atoms with Gasteiger partial charge in [-0.25, -0.2) is 5.01 Å². The van der Waals surface area contributed by atoms with E-state index in [-0.39, 0.29) is 5.56 Å². The maximum Gasteiger partial charge on any atom is 0.268 e.